The number of nitrogens with zero attached hydrogens (tertiary/aromatic N) is 6. The highest BCUT2D eigenvalue weighted by atomic mass is 32.2. The highest BCUT2D eigenvalue weighted by Gasteiger charge is 2.20. The van der Waals surface area contributed by atoms with Crippen molar-refractivity contribution in [3.05, 3.63) is 24.3 Å². The topological polar surface area (TPSA) is 95.7 Å². The van der Waals surface area contributed by atoms with E-state index in [1.165, 1.54) is 11.8 Å². The molecule has 0 amide bonds. The van der Waals surface area contributed by atoms with Crippen molar-refractivity contribution >= 4 is 11.8 Å². The molecule has 104 valence electrons. The van der Waals surface area contributed by atoms with E-state index in [1.807, 2.05) is 13.8 Å². The summed E-state index contributed by atoms with van der Waals surface area (Å²) < 4.78 is 12.2. The minimum atomic E-state index is -0.0532. The van der Waals surface area contributed by atoms with Crippen LogP contribution < -0.4 is 0 Å². The summed E-state index contributed by atoms with van der Waals surface area (Å²) in [6.07, 6.45) is 1.57. The van der Waals surface area contributed by atoms with Gasteiger partial charge in [-0.15, -0.1) is 5.10 Å². The number of aromatic nitrogens is 6. The van der Waals surface area contributed by atoms with Crippen LogP contribution >= 0.6 is 11.8 Å². The van der Waals surface area contributed by atoms with E-state index in [2.05, 4.69) is 25.7 Å². The molecule has 8 nitrogen and oxygen atoms in total. The molecule has 1 atom stereocenters. The van der Waals surface area contributed by atoms with Gasteiger partial charge in [-0.25, -0.2) is 4.68 Å². The van der Waals surface area contributed by atoms with Gasteiger partial charge < -0.3 is 8.94 Å². The number of furan rings is 1. The predicted molar refractivity (Wildman–Crippen MR) is 69.8 cm³/mol. The zero-order valence-electron chi connectivity index (χ0n) is 10.9. The Morgan fingerprint density at radius 3 is 3.10 bits per heavy atom. The molecule has 0 bridgehead atoms. The highest BCUT2D eigenvalue weighted by Crippen LogP contribution is 2.33. The van der Waals surface area contributed by atoms with Crippen molar-refractivity contribution in [1.29, 1.82) is 0 Å². The van der Waals surface area contributed by atoms with Crippen LogP contribution in [0.15, 0.2) is 32.5 Å². The Bertz CT molecular complexity index is 677. The van der Waals surface area contributed by atoms with Gasteiger partial charge in [-0.3, -0.25) is 0 Å². The molecule has 3 aromatic rings. The Labute approximate surface area is 118 Å². The molecule has 0 fully saturated rings. The van der Waals surface area contributed by atoms with Crippen LogP contribution in [-0.4, -0.2) is 30.3 Å². The molecule has 3 rings (SSSR count). The Morgan fingerprint density at radius 1 is 1.45 bits per heavy atom. The van der Waals surface area contributed by atoms with Gasteiger partial charge in [-0.1, -0.05) is 16.9 Å². The minimum absolute atomic E-state index is 0.0532. The second kappa shape index (κ2) is 5.45. The summed E-state index contributed by atoms with van der Waals surface area (Å²) in [7, 11) is 0. The molecular weight excluding hydrogens is 280 g/mol. The van der Waals surface area contributed by atoms with Crippen LogP contribution in [0, 0.1) is 0 Å². The summed E-state index contributed by atoms with van der Waals surface area (Å²) in [4.78, 5) is 4.32. The fraction of sp³-hybridized carbons (Fsp3) is 0.364. The second-order valence-electron chi connectivity index (χ2n) is 3.97. The average Bonchev–Trinajstić information content (AvgIpc) is 3.19. The van der Waals surface area contributed by atoms with Gasteiger partial charge in [0.2, 0.25) is 16.9 Å². The summed E-state index contributed by atoms with van der Waals surface area (Å²) in [5.41, 5.74) is 0. The largest absolute Gasteiger partial charge is 0.461 e. The summed E-state index contributed by atoms with van der Waals surface area (Å²) in [6, 6.07) is 3.56. The van der Waals surface area contributed by atoms with Crippen LogP contribution in [-0.2, 0) is 6.54 Å². The van der Waals surface area contributed by atoms with Crippen molar-refractivity contribution in [1.82, 2.24) is 30.3 Å². The van der Waals surface area contributed by atoms with E-state index in [0.717, 1.165) is 5.16 Å². The van der Waals surface area contributed by atoms with E-state index in [1.54, 1.807) is 23.1 Å². The normalized spacial score (nSPS) is 12.7. The van der Waals surface area contributed by atoms with Crippen molar-refractivity contribution < 1.29 is 8.94 Å². The molecule has 0 saturated heterocycles. The molecule has 0 radical (unpaired) electrons. The zero-order chi connectivity index (χ0) is 13.9. The average molecular weight is 292 g/mol. The third-order valence-electron chi connectivity index (χ3n) is 2.61. The first-order valence-corrected chi connectivity index (χ1v) is 6.96. The van der Waals surface area contributed by atoms with Gasteiger partial charge in [0.1, 0.15) is 0 Å². The molecule has 0 aliphatic heterocycles. The van der Waals surface area contributed by atoms with E-state index in [0.29, 0.717) is 24.0 Å². The van der Waals surface area contributed by atoms with Crippen LogP contribution in [0.2, 0.25) is 0 Å². The SMILES string of the molecule is CCn1nnnc1S[C@@H](C)c1nc(-c2ccco2)no1. The maximum atomic E-state index is 5.25. The van der Waals surface area contributed by atoms with Gasteiger partial charge in [0.05, 0.1) is 11.5 Å². The lowest BCUT2D eigenvalue weighted by Crippen LogP contribution is -2.00. The first-order chi connectivity index (χ1) is 9.78. The molecule has 0 spiro atoms. The summed E-state index contributed by atoms with van der Waals surface area (Å²) in [5, 5.41) is 16.1. The van der Waals surface area contributed by atoms with Crippen molar-refractivity contribution in [2.24, 2.45) is 0 Å². The summed E-state index contributed by atoms with van der Waals surface area (Å²) in [5.74, 6) is 1.52. The molecule has 20 heavy (non-hydrogen) atoms. The maximum Gasteiger partial charge on any atom is 0.240 e. The lowest BCUT2D eigenvalue weighted by Gasteiger charge is -2.04. The molecular formula is C11H12N6O2S. The van der Waals surface area contributed by atoms with Gasteiger partial charge >= 0.3 is 0 Å². The minimum Gasteiger partial charge on any atom is -0.461 e. The van der Waals surface area contributed by atoms with E-state index < -0.39 is 0 Å². The van der Waals surface area contributed by atoms with Gasteiger partial charge in [0, 0.05) is 6.54 Å². The molecule has 0 aromatic carbocycles. The van der Waals surface area contributed by atoms with E-state index in [-0.39, 0.29) is 5.25 Å². The van der Waals surface area contributed by atoms with Crippen molar-refractivity contribution in [3.63, 3.8) is 0 Å². The van der Waals surface area contributed by atoms with E-state index >= 15 is 0 Å². The number of hydrogen-bond donors (Lipinski definition) is 0. The molecule has 9 heteroatoms. The first-order valence-electron chi connectivity index (χ1n) is 6.08. The third kappa shape index (κ3) is 2.44. The zero-order valence-corrected chi connectivity index (χ0v) is 11.7. The molecule has 3 heterocycles. The Hall–Kier alpha value is -2.16. The Kier molecular flexibility index (Phi) is 3.50. The van der Waals surface area contributed by atoms with E-state index in [4.69, 9.17) is 8.94 Å². The van der Waals surface area contributed by atoms with Crippen LogP contribution in [0.3, 0.4) is 0 Å². The third-order valence-corrected chi connectivity index (χ3v) is 3.67. The lowest BCUT2D eigenvalue weighted by atomic mass is 10.4. The smallest absolute Gasteiger partial charge is 0.240 e. The lowest BCUT2D eigenvalue weighted by molar-refractivity contribution is 0.379. The second-order valence-corrected chi connectivity index (χ2v) is 5.28. The fourth-order valence-electron chi connectivity index (χ4n) is 1.59. The number of aryl methyl sites for hydroxylation is 1. The number of hydrogen-bond acceptors (Lipinski definition) is 8. The van der Waals surface area contributed by atoms with Crippen LogP contribution in [0.4, 0.5) is 0 Å². The van der Waals surface area contributed by atoms with Crippen LogP contribution in [0.25, 0.3) is 11.6 Å². The summed E-state index contributed by atoms with van der Waals surface area (Å²) >= 11 is 1.47. The van der Waals surface area contributed by atoms with Crippen molar-refractivity contribution in [2.75, 3.05) is 0 Å². The highest BCUT2D eigenvalue weighted by molar-refractivity contribution is 7.99. The van der Waals surface area contributed by atoms with E-state index in [9.17, 15) is 0 Å². The van der Waals surface area contributed by atoms with Crippen LogP contribution in [0.1, 0.15) is 25.0 Å². The molecule has 3 aromatic heterocycles. The molecule has 0 aliphatic carbocycles. The van der Waals surface area contributed by atoms with Crippen molar-refractivity contribution in [3.8, 4) is 11.6 Å². The first kappa shape index (κ1) is 12.9. The monoisotopic (exact) mass is 292 g/mol. The molecule has 0 saturated carbocycles. The van der Waals surface area contributed by atoms with Gasteiger partial charge in [-0.2, -0.15) is 4.98 Å². The maximum absolute atomic E-state index is 5.25. The standard InChI is InChI=1S/C11H12N6O2S/c1-3-17-11(13-15-16-17)20-7(2)10-12-9(14-19-10)8-5-4-6-18-8/h4-7H,3H2,1-2H3/t7-/m0/s1. The predicted octanol–water partition coefficient (Wildman–Crippen LogP) is 2.19. The quantitative estimate of drug-likeness (QED) is 0.660. The Balaban J connectivity index is 1.76. The molecule has 0 aliphatic rings. The van der Waals surface area contributed by atoms with Gasteiger partial charge in [-0.05, 0) is 36.4 Å². The fourth-order valence-corrected chi connectivity index (χ4v) is 2.48. The van der Waals surface area contributed by atoms with Crippen molar-refractivity contribution in [2.45, 2.75) is 30.8 Å². The van der Waals surface area contributed by atoms with Gasteiger partial charge in [0.15, 0.2) is 5.76 Å². The summed E-state index contributed by atoms with van der Waals surface area (Å²) in [6.45, 7) is 4.65. The molecule has 0 N–H and O–H groups in total. The van der Waals surface area contributed by atoms with Crippen LogP contribution in [0.5, 0.6) is 0 Å². The van der Waals surface area contributed by atoms with Gasteiger partial charge in [0.25, 0.3) is 0 Å². The number of rotatable bonds is 5. The molecule has 0 unspecified atom stereocenters. The number of tetrazole rings is 1. The number of thioether (sulfide) groups is 1. The Morgan fingerprint density at radius 2 is 2.35 bits per heavy atom.